The monoisotopic (exact) mass is 338 g/mol. The first-order valence-corrected chi connectivity index (χ1v) is 6.86. The lowest BCUT2D eigenvalue weighted by Crippen LogP contribution is -2.38. The SMILES string of the molecule is CC(NC(=O)c1cc(-c2cccc(C(F)(F)F)c2)ccn1)C(=O)O. The van der Waals surface area contributed by atoms with Crippen molar-refractivity contribution >= 4 is 11.9 Å². The summed E-state index contributed by atoms with van der Waals surface area (Å²) in [7, 11) is 0. The topological polar surface area (TPSA) is 79.3 Å². The minimum absolute atomic E-state index is 0.0852. The number of aromatic nitrogens is 1. The number of rotatable bonds is 4. The number of pyridine rings is 1. The van der Waals surface area contributed by atoms with Gasteiger partial charge in [-0.05, 0) is 42.3 Å². The van der Waals surface area contributed by atoms with Gasteiger partial charge in [-0.3, -0.25) is 14.6 Å². The summed E-state index contributed by atoms with van der Waals surface area (Å²) in [6, 6.07) is 6.32. The molecule has 1 amide bonds. The van der Waals surface area contributed by atoms with Crippen LogP contribution in [0.25, 0.3) is 11.1 Å². The molecule has 0 bridgehead atoms. The summed E-state index contributed by atoms with van der Waals surface area (Å²) in [5, 5.41) is 11.0. The molecule has 2 N–H and O–H groups in total. The summed E-state index contributed by atoms with van der Waals surface area (Å²) in [5.74, 6) is -1.93. The molecule has 24 heavy (non-hydrogen) atoms. The van der Waals surface area contributed by atoms with Gasteiger partial charge in [0.15, 0.2) is 0 Å². The van der Waals surface area contributed by atoms with E-state index in [1.807, 2.05) is 0 Å². The molecule has 1 heterocycles. The van der Waals surface area contributed by atoms with Crippen LogP contribution >= 0.6 is 0 Å². The largest absolute Gasteiger partial charge is 0.480 e. The molecule has 5 nitrogen and oxygen atoms in total. The summed E-state index contributed by atoms with van der Waals surface area (Å²) in [4.78, 5) is 26.5. The molecule has 0 saturated heterocycles. The van der Waals surface area contributed by atoms with Crippen LogP contribution in [0.5, 0.6) is 0 Å². The highest BCUT2D eigenvalue weighted by Gasteiger charge is 2.30. The average Bonchev–Trinajstić information content (AvgIpc) is 2.54. The molecule has 1 aromatic carbocycles. The Morgan fingerprint density at radius 2 is 1.83 bits per heavy atom. The van der Waals surface area contributed by atoms with E-state index in [-0.39, 0.29) is 11.3 Å². The second-order valence-corrected chi connectivity index (χ2v) is 5.04. The Hall–Kier alpha value is -2.90. The minimum atomic E-state index is -4.47. The third-order valence-electron chi connectivity index (χ3n) is 3.23. The molecule has 2 aromatic rings. The van der Waals surface area contributed by atoms with Crippen LogP contribution in [0.4, 0.5) is 13.2 Å². The highest BCUT2D eigenvalue weighted by molar-refractivity contribution is 5.95. The molecule has 1 aromatic heterocycles. The number of carbonyl (C=O) groups excluding carboxylic acids is 1. The van der Waals surface area contributed by atoms with Gasteiger partial charge in [0.2, 0.25) is 0 Å². The molecule has 0 radical (unpaired) electrons. The van der Waals surface area contributed by atoms with E-state index in [1.54, 1.807) is 0 Å². The quantitative estimate of drug-likeness (QED) is 0.898. The van der Waals surface area contributed by atoms with Crippen LogP contribution < -0.4 is 5.32 Å². The molecule has 2 rings (SSSR count). The summed E-state index contributed by atoms with van der Waals surface area (Å²) in [6.45, 7) is 1.29. The molecule has 0 aliphatic carbocycles. The van der Waals surface area contributed by atoms with Gasteiger partial charge in [-0.2, -0.15) is 13.2 Å². The fraction of sp³-hybridized carbons (Fsp3) is 0.188. The van der Waals surface area contributed by atoms with E-state index >= 15 is 0 Å². The maximum Gasteiger partial charge on any atom is 0.416 e. The number of hydrogen-bond donors (Lipinski definition) is 2. The van der Waals surface area contributed by atoms with Crippen LogP contribution in [0, 0.1) is 0 Å². The lowest BCUT2D eigenvalue weighted by atomic mass is 10.0. The lowest BCUT2D eigenvalue weighted by molar-refractivity contribution is -0.139. The van der Waals surface area contributed by atoms with Crippen LogP contribution in [-0.4, -0.2) is 28.0 Å². The molecular weight excluding hydrogens is 325 g/mol. The number of aliphatic carboxylic acids is 1. The normalized spacial score (nSPS) is 12.5. The van der Waals surface area contributed by atoms with Crippen LogP contribution in [-0.2, 0) is 11.0 Å². The molecule has 8 heteroatoms. The van der Waals surface area contributed by atoms with Gasteiger partial charge in [-0.1, -0.05) is 12.1 Å². The van der Waals surface area contributed by atoms with Gasteiger partial charge < -0.3 is 10.4 Å². The van der Waals surface area contributed by atoms with E-state index in [2.05, 4.69) is 10.3 Å². The van der Waals surface area contributed by atoms with E-state index < -0.39 is 29.7 Å². The fourth-order valence-corrected chi connectivity index (χ4v) is 1.94. The molecule has 0 aliphatic rings. The maximum atomic E-state index is 12.8. The van der Waals surface area contributed by atoms with Gasteiger partial charge in [-0.25, -0.2) is 0 Å². The molecule has 1 atom stereocenters. The standard InChI is InChI=1S/C16H13F3N2O3/c1-9(15(23)24)21-14(22)13-8-11(5-6-20-13)10-3-2-4-12(7-10)16(17,18)19/h2-9H,1H3,(H,21,22)(H,23,24). The Labute approximate surface area is 135 Å². The fourth-order valence-electron chi connectivity index (χ4n) is 1.94. The van der Waals surface area contributed by atoms with Crippen LogP contribution in [0.1, 0.15) is 23.0 Å². The number of carboxylic acids is 1. The van der Waals surface area contributed by atoms with Crippen molar-refractivity contribution in [2.24, 2.45) is 0 Å². The number of benzene rings is 1. The Morgan fingerprint density at radius 1 is 1.17 bits per heavy atom. The minimum Gasteiger partial charge on any atom is -0.480 e. The Balaban J connectivity index is 2.31. The van der Waals surface area contributed by atoms with Crippen molar-refractivity contribution in [2.75, 3.05) is 0 Å². The summed E-state index contributed by atoms with van der Waals surface area (Å²) in [5.41, 5.74) is -0.253. The van der Waals surface area contributed by atoms with Gasteiger partial charge in [0.05, 0.1) is 5.56 Å². The Bertz CT molecular complexity index is 775. The van der Waals surface area contributed by atoms with Crippen molar-refractivity contribution in [1.29, 1.82) is 0 Å². The Morgan fingerprint density at radius 3 is 2.46 bits per heavy atom. The van der Waals surface area contributed by atoms with E-state index in [4.69, 9.17) is 5.11 Å². The van der Waals surface area contributed by atoms with Crippen molar-refractivity contribution in [3.63, 3.8) is 0 Å². The highest BCUT2D eigenvalue weighted by atomic mass is 19.4. The van der Waals surface area contributed by atoms with Gasteiger partial charge in [0.25, 0.3) is 5.91 Å². The van der Waals surface area contributed by atoms with E-state index in [0.717, 1.165) is 12.1 Å². The van der Waals surface area contributed by atoms with Crippen molar-refractivity contribution in [3.05, 3.63) is 53.9 Å². The first kappa shape index (κ1) is 17.5. The number of halogens is 3. The zero-order chi connectivity index (χ0) is 17.9. The third-order valence-corrected chi connectivity index (χ3v) is 3.23. The smallest absolute Gasteiger partial charge is 0.416 e. The number of amides is 1. The van der Waals surface area contributed by atoms with Crippen molar-refractivity contribution < 1.29 is 27.9 Å². The number of carboxylic acid groups (broad SMARTS) is 1. The zero-order valence-corrected chi connectivity index (χ0v) is 12.5. The first-order chi connectivity index (χ1) is 11.2. The molecule has 1 unspecified atom stereocenters. The van der Waals surface area contributed by atoms with E-state index in [1.165, 1.54) is 37.4 Å². The molecule has 0 aliphatic heterocycles. The average molecular weight is 338 g/mol. The summed E-state index contributed by atoms with van der Waals surface area (Å²) < 4.78 is 38.3. The van der Waals surface area contributed by atoms with Gasteiger partial charge in [-0.15, -0.1) is 0 Å². The molecule has 0 spiro atoms. The number of carbonyl (C=O) groups is 2. The predicted octanol–water partition coefficient (Wildman–Crippen LogP) is 2.97. The summed E-state index contributed by atoms with van der Waals surface area (Å²) in [6.07, 6.45) is -3.20. The van der Waals surface area contributed by atoms with Crippen LogP contribution in [0.3, 0.4) is 0 Å². The molecular formula is C16H13F3N2O3. The Kier molecular flexibility index (Phi) is 4.87. The maximum absolute atomic E-state index is 12.8. The third kappa shape index (κ3) is 4.09. The van der Waals surface area contributed by atoms with Gasteiger partial charge >= 0.3 is 12.1 Å². The molecule has 126 valence electrons. The van der Waals surface area contributed by atoms with E-state index in [9.17, 15) is 22.8 Å². The number of nitrogens with zero attached hydrogens (tertiary/aromatic N) is 1. The number of nitrogens with one attached hydrogen (secondary N) is 1. The van der Waals surface area contributed by atoms with Crippen LogP contribution in [0.2, 0.25) is 0 Å². The summed E-state index contributed by atoms with van der Waals surface area (Å²) >= 11 is 0. The van der Waals surface area contributed by atoms with Crippen LogP contribution in [0.15, 0.2) is 42.6 Å². The number of alkyl halides is 3. The van der Waals surface area contributed by atoms with Crippen molar-refractivity contribution in [3.8, 4) is 11.1 Å². The van der Waals surface area contributed by atoms with Gasteiger partial charge in [0.1, 0.15) is 11.7 Å². The highest BCUT2D eigenvalue weighted by Crippen LogP contribution is 2.32. The molecule has 0 saturated carbocycles. The van der Waals surface area contributed by atoms with Crippen molar-refractivity contribution in [1.82, 2.24) is 10.3 Å². The zero-order valence-electron chi connectivity index (χ0n) is 12.5. The first-order valence-electron chi connectivity index (χ1n) is 6.86. The van der Waals surface area contributed by atoms with E-state index in [0.29, 0.717) is 5.56 Å². The molecule has 0 fully saturated rings. The van der Waals surface area contributed by atoms with Gasteiger partial charge in [0, 0.05) is 6.20 Å². The second kappa shape index (κ2) is 6.69. The second-order valence-electron chi connectivity index (χ2n) is 5.04. The van der Waals surface area contributed by atoms with Crippen molar-refractivity contribution in [2.45, 2.75) is 19.1 Å². The number of hydrogen-bond acceptors (Lipinski definition) is 3. The predicted molar refractivity (Wildman–Crippen MR) is 79.2 cm³/mol. The lowest BCUT2D eigenvalue weighted by Gasteiger charge is -2.11.